The highest BCUT2D eigenvalue weighted by Gasteiger charge is 2.11. The van der Waals surface area contributed by atoms with Gasteiger partial charge in [0.1, 0.15) is 0 Å². The minimum absolute atomic E-state index is 0.252. The van der Waals surface area contributed by atoms with Crippen LogP contribution in [0.3, 0.4) is 0 Å². The molecule has 7 heteroatoms. The van der Waals surface area contributed by atoms with Crippen molar-refractivity contribution in [3.63, 3.8) is 0 Å². The van der Waals surface area contributed by atoms with E-state index in [1.807, 2.05) is 0 Å². The van der Waals surface area contributed by atoms with Crippen LogP contribution in [-0.4, -0.2) is 55.3 Å². The largest absolute Gasteiger partial charge is 0.459 e. The molecule has 20 heavy (non-hydrogen) atoms. The molecule has 1 aliphatic rings. The summed E-state index contributed by atoms with van der Waals surface area (Å²) in [7, 11) is 0. The summed E-state index contributed by atoms with van der Waals surface area (Å²) in [6, 6.07) is 3.25. The fourth-order valence-electron chi connectivity index (χ4n) is 1.95. The van der Waals surface area contributed by atoms with Crippen molar-refractivity contribution in [1.29, 1.82) is 0 Å². The van der Waals surface area contributed by atoms with Crippen LogP contribution in [0.1, 0.15) is 17.0 Å². The van der Waals surface area contributed by atoms with Gasteiger partial charge in [0.2, 0.25) is 0 Å². The third-order valence-electron chi connectivity index (χ3n) is 3.01. The fraction of sp³-hybridized carbons (Fsp3) is 0.538. The van der Waals surface area contributed by atoms with Gasteiger partial charge < -0.3 is 14.5 Å². The fourth-order valence-corrected chi connectivity index (χ4v) is 2.14. The summed E-state index contributed by atoms with van der Waals surface area (Å²) in [5.41, 5.74) is 0. The summed E-state index contributed by atoms with van der Waals surface area (Å²) in [4.78, 5) is 14.0. The molecule has 2 N–H and O–H groups in total. The van der Waals surface area contributed by atoms with E-state index in [1.165, 1.54) is 6.26 Å². The Morgan fingerprint density at radius 2 is 2.20 bits per heavy atom. The quantitative estimate of drug-likeness (QED) is 0.613. The number of amides is 1. The average molecular weight is 297 g/mol. The van der Waals surface area contributed by atoms with Crippen LogP contribution >= 0.6 is 12.2 Å². The van der Waals surface area contributed by atoms with Gasteiger partial charge in [-0.25, -0.2) is 0 Å². The van der Waals surface area contributed by atoms with Crippen molar-refractivity contribution in [2.75, 3.05) is 39.4 Å². The minimum atomic E-state index is -0.333. The third-order valence-corrected chi connectivity index (χ3v) is 3.26. The zero-order valence-corrected chi connectivity index (χ0v) is 12.1. The maximum Gasteiger partial charge on any atom is 0.293 e. The summed E-state index contributed by atoms with van der Waals surface area (Å²) in [6.45, 7) is 5.33. The maximum atomic E-state index is 11.6. The lowest BCUT2D eigenvalue weighted by molar-refractivity contribution is 0.0376. The molecular weight excluding hydrogens is 278 g/mol. The topological polar surface area (TPSA) is 66.7 Å². The van der Waals surface area contributed by atoms with Crippen molar-refractivity contribution >= 4 is 23.2 Å². The van der Waals surface area contributed by atoms with Crippen molar-refractivity contribution in [2.24, 2.45) is 0 Å². The van der Waals surface area contributed by atoms with Gasteiger partial charge in [-0.1, -0.05) is 0 Å². The molecule has 1 aliphatic heterocycles. The molecule has 110 valence electrons. The van der Waals surface area contributed by atoms with Gasteiger partial charge in [-0.15, -0.1) is 0 Å². The number of morpholine rings is 1. The smallest absolute Gasteiger partial charge is 0.293 e. The highest BCUT2D eigenvalue weighted by atomic mass is 32.1. The van der Waals surface area contributed by atoms with Gasteiger partial charge in [0.25, 0.3) is 5.91 Å². The summed E-state index contributed by atoms with van der Waals surface area (Å²) in [5.74, 6) is -0.0804. The first-order valence-electron chi connectivity index (χ1n) is 6.68. The Balaban J connectivity index is 1.57. The van der Waals surface area contributed by atoms with Crippen LogP contribution in [0.4, 0.5) is 0 Å². The third kappa shape index (κ3) is 4.92. The Morgan fingerprint density at radius 3 is 2.90 bits per heavy atom. The molecule has 0 spiro atoms. The molecule has 1 aromatic heterocycles. The molecule has 1 amide bonds. The summed E-state index contributed by atoms with van der Waals surface area (Å²) >= 11 is 5.06. The van der Waals surface area contributed by atoms with Crippen molar-refractivity contribution in [2.45, 2.75) is 6.42 Å². The average Bonchev–Trinajstić information content (AvgIpc) is 2.99. The van der Waals surface area contributed by atoms with Crippen molar-refractivity contribution in [3.8, 4) is 0 Å². The number of thiocarbonyl (C=S) groups is 1. The zero-order valence-electron chi connectivity index (χ0n) is 11.3. The predicted octanol–water partition coefficient (Wildman–Crippen LogP) is 0.606. The number of nitrogens with zero attached hydrogens (tertiary/aromatic N) is 1. The highest BCUT2D eigenvalue weighted by Crippen LogP contribution is 1.99. The number of hydrogen-bond donors (Lipinski definition) is 2. The SMILES string of the molecule is O=C(NC(=S)NCCCN1CCOCC1)c1ccco1. The van der Waals surface area contributed by atoms with Gasteiger partial charge in [0, 0.05) is 19.6 Å². The second-order valence-corrected chi connectivity index (χ2v) is 4.90. The summed E-state index contributed by atoms with van der Waals surface area (Å²) in [6.07, 6.45) is 2.42. The Bertz CT molecular complexity index is 430. The van der Waals surface area contributed by atoms with E-state index in [0.717, 1.165) is 45.8 Å². The van der Waals surface area contributed by atoms with Crippen LogP contribution in [0.25, 0.3) is 0 Å². The molecule has 2 rings (SSSR count). The molecule has 0 radical (unpaired) electrons. The van der Waals surface area contributed by atoms with Gasteiger partial charge in [-0.3, -0.25) is 15.0 Å². The normalized spacial score (nSPS) is 15.8. The molecule has 0 unspecified atom stereocenters. The van der Waals surface area contributed by atoms with E-state index in [4.69, 9.17) is 21.4 Å². The van der Waals surface area contributed by atoms with Crippen LogP contribution in [0.5, 0.6) is 0 Å². The molecule has 6 nitrogen and oxygen atoms in total. The van der Waals surface area contributed by atoms with Gasteiger partial charge in [-0.2, -0.15) is 0 Å². The van der Waals surface area contributed by atoms with Crippen LogP contribution in [0.2, 0.25) is 0 Å². The Hall–Kier alpha value is -1.44. The van der Waals surface area contributed by atoms with E-state index in [9.17, 15) is 4.79 Å². The molecule has 0 atom stereocenters. The molecule has 1 aromatic rings. The van der Waals surface area contributed by atoms with E-state index >= 15 is 0 Å². The van der Waals surface area contributed by atoms with Crippen LogP contribution < -0.4 is 10.6 Å². The molecule has 1 saturated heterocycles. The monoisotopic (exact) mass is 297 g/mol. The lowest BCUT2D eigenvalue weighted by atomic mass is 10.3. The maximum absolute atomic E-state index is 11.6. The first-order valence-corrected chi connectivity index (χ1v) is 7.09. The number of hydrogen-bond acceptors (Lipinski definition) is 5. The van der Waals surface area contributed by atoms with E-state index < -0.39 is 0 Å². The number of carbonyl (C=O) groups excluding carboxylic acids is 1. The lowest BCUT2D eigenvalue weighted by Gasteiger charge is -2.26. The lowest BCUT2D eigenvalue weighted by Crippen LogP contribution is -2.41. The predicted molar refractivity (Wildman–Crippen MR) is 78.7 cm³/mol. The van der Waals surface area contributed by atoms with Crippen molar-refractivity contribution < 1.29 is 13.9 Å². The number of ether oxygens (including phenoxy) is 1. The van der Waals surface area contributed by atoms with Crippen LogP contribution in [0, 0.1) is 0 Å². The number of nitrogens with one attached hydrogen (secondary N) is 2. The van der Waals surface area contributed by atoms with E-state index in [0.29, 0.717) is 5.11 Å². The molecule has 2 heterocycles. The number of furan rings is 1. The molecule has 0 aliphatic carbocycles. The Labute approximate surface area is 123 Å². The Morgan fingerprint density at radius 1 is 1.40 bits per heavy atom. The first-order chi connectivity index (χ1) is 9.75. The zero-order chi connectivity index (χ0) is 14.2. The molecule has 0 aromatic carbocycles. The first kappa shape index (κ1) is 15.0. The second kappa shape index (κ2) is 7.98. The Kier molecular flexibility index (Phi) is 5.97. The number of carbonyl (C=O) groups is 1. The number of rotatable bonds is 5. The molecule has 0 bridgehead atoms. The van der Waals surface area contributed by atoms with Crippen LogP contribution in [-0.2, 0) is 4.74 Å². The van der Waals surface area contributed by atoms with Gasteiger partial charge in [0.05, 0.1) is 19.5 Å². The summed E-state index contributed by atoms with van der Waals surface area (Å²) in [5, 5.41) is 5.92. The van der Waals surface area contributed by atoms with Crippen LogP contribution in [0.15, 0.2) is 22.8 Å². The van der Waals surface area contributed by atoms with E-state index in [2.05, 4.69) is 15.5 Å². The molecule has 1 fully saturated rings. The molecular formula is C13H19N3O3S. The van der Waals surface area contributed by atoms with E-state index in [-0.39, 0.29) is 11.7 Å². The minimum Gasteiger partial charge on any atom is -0.459 e. The summed E-state index contributed by atoms with van der Waals surface area (Å²) < 4.78 is 10.3. The van der Waals surface area contributed by atoms with Crippen molar-refractivity contribution in [3.05, 3.63) is 24.2 Å². The standard InChI is InChI=1S/C13H19N3O3S/c17-12(11-3-1-8-19-11)15-13(20)14-4-2-5-16-6-9-18-10-7-16/h1,3,8H,2,4-7,9-10H2,(H2,14,15,17,20). The van der Waals surface area contributed by atoms with Gasteiger partial charge in [-0.05, 0) is 37.3 Å². The van der Waals surface area contributed by atoms with Crippen molar-refractivity contribution in [1.82, 2.24) is 15.5 Å². The second-order valence-electron chi connectivity index (χ2n) is 4.49. The van der Waals surface area contributed by atoms with E-state index in [1.54, 1.807) is 12.1 Å². The van der Waals surface area contributed by atoms with Gasteiger partial charge >= 0.3 is 0 Å². The van der Waals surface area contributed by atoms with Gasteiger partial charge in [0.15, 0.2) is 10.9 Å². The highest BCUT2D eigenvalue weighted by molar-refractivity contribution is 7.80. The molecule has 0 saturated carbocycles.